The van der Waals surface area contributed by atoms with E-state index in [-0.39, 0.29) is 22.1 Å². The predicted molar refractivity (Wildman–Crippen MR) is 111 cm³/mol. The Morgan fingerprint density at radius 3 is 2.12 bits per heavy atom. The van der Waals surface area contributed by atoms with Crippen LogP contribution in [0.2, 0.25) is 0 Å². The van der Waals surface area contributed by atoms with Crippen molar-refractivity contribution in [2.45, 2.75) is 64.2 Å². The molecule has 1 unspecified atom stereocenters. The first kappa shape index (κ1) is 20.6. The highest BCUT2D eigenvalue weighted by Gasteiger charge is 2.35. The van der Waals surface area contributed by atoms with Gasteiger partial charge < -0.3 is 10.0 Å². The maximum Gasteiger partial charge on any atom is 0.233 e. The van der Waals surface area contributed by atoms with E-state index in [0.29, 0.717) is 11.5 Å². The van der Waals surface area contributed by atoms with Crippen LogP contribution >= 0.6 is 27.7 Å². The lowest BCUT2D eigenvalue weighted by molar-refractivity contribution is -0.128. The summed E-state index contributed by atoms with van der Waals surface area (Å²) in [5.41, 5.74) is 2.71. The van der Waals surface area contributed by atoms with E-state index in [9.17, 15) is 9.90 Å². The summed E-state index contributed by atoms with van der Waals surface area (Å²) < 4.78 is 0. The maximum absolute atomic E-state index is 12.3. The number of hydrogen-bond acceptors (Lipinski definition) is 3. The molecule has 1 aliphatic rings. The molecule has 0 aliphatic carbocycles. The lowest BCUT2D eigenvalue weighted by Crippen LogP contribution is -2.30. The molecule has 1 saturated heterocycles. The van der Waals surface area contributed by atoms with Crippen LogP contribution in [-0.2, 0) is 15.6 Å². The van der Waals surface area contributed by atoms with Crippen molar-refractivity contribution in [3.63, 3.8) is 0 Å². The number of phenolic OH excluding ortho intramolecular Hbond substituents is 1. The van der Waals surface area contributed by atoms with Crippen LogP contribution in [0.25, 0.3) is 0 Å². The maximum atomic E-state index is 12.3. The van der Waals surface area contributed by atoms with Crippen molar-refractivity contribution in [2.24, 2.45) is 0 Å². The monoisotopic (exact) mass is 427 g/mol. The molecule has 3 nitrogen and oxygen atoms in total. The van der Waals surface area contributed by atoms with E-state index in [1.807, 2.05) is 4.90 Å². The Morgan fingerprint density at radius 1 is 1.16 bits per heavy atom. The average Bonchev–Trinajstić information content (AvgIpc) is 2.84. The Labute approximate surface area is 164 Å². The number of rotatable bonds is 4. The summed E-state index contributed by atoms with van der Waals surface area (Å²) >= 11 is 5.15. The summed E-state index contributed by atoms with van der Waals surface area (Å²) in [6.07, 6.45) is 0.944. The first-order chi connectivity index (χ1) is 11.5. The minimum Gasteiger partial charge on any atom is -0.507 e. The fourth-order valence-electron chi connectivity index (χ4n) is 3.14. The lowest BCUT2D eigenvalue weighted by Gasteiger charge is -2.31. The van der Waals surface area contributed by atoms with Crippen LogP contribution in [-0.4, -0.2) is 33.5 Å². The van der Waals surface area contributed by atoms with Crippen molar-refractivity contribution in [2.75, 3.05) is 17.6 Å². The van der Waals surface area contributed by atoms with E-state index in [0.717, 1.165) is 35.0 Å². The van der Waals surface area contributed by atoms with E-state index in [1.54, 1.807) is 11.8 Å². The van der Waals surface area contributed by atoms with E-state index in [4.69, 9.17) is 0 Å². The zero-order chi connectivity index (χ0) is 19.0. The largest absolute Gasteiger partial charge is 0.507 e. The van der Waals surface area contributed by atoms with Crippen LogP contribution in [0.3, 0.4) is 0 Å². The van der Waals surface area contributed by atoms with E-state index in [1.165, 1.54) is 0 Å². The molecule has 1 atom stereocenters. The third kappa shape index (κ3) is 4.54. The van der Waals surface area contributed by atoms with Gasteiger partial charge in [-0.05, 0) is 46.1 Å². The standard InChI is InChI=1S/C20H30BrNO2S/c1-19(2,3)14-10-13(11-15(17(14)24)20(4,5)6)18-22(9-7-8-21)16(23)12-25-18/h10-11,18,24H,7-9,12H2,1-6H3. The number of thioether (sulfide) groups is 1. The van der Waals surface area contributed by atoms with Crippen molar-refractivity contribution < 1.29 is 9.90 Å². The van der Waals surface area contributed by atoms with Crippen molar-refractivity contribution in [3.8, 4) is 5.75 Å². The summed E-state index contributed by atoms with van der Waals surface area (Å²) in [4.78, 5) is 14.3. The molecular formula is C20H30BrNO2S. The van der Waals surface area contributed by atoms with Gasteiger partial charge in [0.05, 0.1) is 5.75 Å². The Morgan fingerprint density at radius 2 is 1.68 bits per heavy atom. The molecular weight excluding hydrogens is 398 g/mol. The number of amides is 1. The van der Waals surface area contributed by atoms with Gasteiger partial charge >= 0.3 is 0 Å². The third-order valence-electron chi connectivity index (χ3n) is 4.53. The topological polar surface area (TPSA) is 40.5 Å². The molecule has 1 heterocycles. The van der Waals surface area contributed by atoms with Crippen LogP contribution in [0.5, 0.6) is 5.75 Å². The minimum atomic E-state index is -0.159. The highest BCUT2D eigenvalue weighted by atomic mass is 79.9. The lowest BCUT2D eigenvalue weighted by atomic mass is 9.78. The first-order valence-electron chi connectivity index (χ1n) is 8.81. The van der Waals surface area contributed by atoms with E-state index in [2.05, 4.69) is 69.6 Å². The highest BCUT2D eigenvalue weighted by Crippen LogP contribution is 2.45. The van der Waals surface area contributed by atoms with Gasteiger partial charge in [0.25, 0.3) is 0 Å². The molecule has 1 aliphatic heterocycles. The molecule has 140 valence electrons. The number of nitrogens with zero attached hydrogens (tertiary/aromatic N) is 1. The molecule has 25 heavy (non-hydrogen) atoms. The molecule has 1 N–H and O–H groups in total. The summed E-state index contributed by atoms with van der Waals surface area (Å²) in [6, 6.07) is 4.20. The van der Waals surface area contributed by atoms with Gasteiger partial charge in [0.15, 0.2) is 0 Å². The number of phenols is 1. The average molecular weight is 428 g/mol. The zero-order valence-corrected chi connectivity index (χ0v) is 18.6. The molecule has 2 rings (SSSR count). The molecule has 0 spiro atoms. The summed E-state index contributed by atoms with van der Waals surface area (Å²) in [5.74, 6) is 1.13. The molecule has 0 radical (unpaired) electrons. The molecule has 1 fully saturated rings. The van der Waals surface area contributed by atoms with Gasteiger partial charge in [-0.15, -0.1) is 11.8 Å². The van der Waals surface area contributed by atoms with Crippen LogP contribution in [0.15, 0.2) is 12.1 Å². The van der Waals surface area contributed by atoms with Gasteiger partial charge in [0.1, 0.15) is 11.1 Å². The first-order valence-corrected chi connectivity index (χ1v) is 11.0. The second-order valence-corrected chi connectivity index (χ2v) is 10.6. The number of aromatic hydroxyl groups is 1. The van der Waals surface area contributed by atoms with Crippen LogP contribution in [0, 0.1) is 0 Å². The Hall–Kier alpha value is -0.680. The fourth-order valence-corrected chi connectivity index (χ4v) is 4.59. The Kier molecular flexibility index (Phi) is 6.20. The molecule has 1 aromatic rings. The molecule has 0 bridgehead atoms. The summed E-state index contributed by atoms with van der Waals surface area (Å²) in [7, 11) is 0. The molecule has 1 aromatic carbocycles. The van der Waals surface area contributed by atoms with Gasteiger partial charge in [-0.2, -0.15) is 0 Å². The van der Waals surface area contributed by atoms with Gasteiger partial charge in [-0.25, -0.2) is 0 Å². The number of hydrogen-bond donors (Lipinski definition) is 1. The number of carbonyl (C=O) groups excluding carboxylic acids is 1. The van der Waals surface area contributed by atoms with Crippen molar-refractivity contribution in [1.29, 1.82) is 0 Å². The van der Waals surface area contributed by atoms with Gasteiger partial charge in [-0.1, -0.05) is 57.5 Å². The Balaban J connectivity index is 2.55. The number of halogens is 1. The second kappa shape index (κ2) is 7.51. The normalized spacial score (nSPS) is 18.9. The summed E-state index contributed by atoms with van der Waals surface area (Å²) in [5, 5.41) is 11.8. The molecule has 5 heteroatoms. The van der Waals surface area contributed by atoms with Gasteiger partial charge in [0.2, 0.25) is 5.91 Å². The molecule has 0 aromatic heterocycles. The van der Waals surface area contributed by atoms with Crippen molar-refractivity contribution >= 4 is 33.6 Å². The van der Waals surface area contributed by atoms with Crippen LogP contribution in [0.1, 0.15) is 70.0 Å². The van der Waals surface area contributed by atoms with E-state index >= 15 is 0 Å². The van der Waals surface area contributed by atoms with Gasteiger partial charge in [0, 0.05) is 11.9 Å². The fraction of sp³-hybridized carbons (Fsp3) is 0.650. The predicted octanol–water partition coefficient (Wildman–Crippen LogP) is 5.35. The third-order valence-corrected chi connectivity index (χ3v) is 6.35. The van der Waals surface area contributed by atoms with E-state index < -0.39 is 0 Å². The number of benzene rings is 1. The summed E-state index contributed by atoms with van der Waals surface area (Å²) in [6.45, 7) is 13.5. The highest BCUT2D eigenvalue weighted by molar-refractivity contribution is 9.09. The van der Waals surface area contributed by atoms with Crippen LogP contribution in [0.4, 0.5) is 0 Å². The SMILES string of the molecule is CC(C)(C)c1cc(C2SCC(=O)N2CCCBr)cc(C(C)(C)C)c1O. The number of alkyl halides is 1. The number of carbonyl (C=O) groups is 1. The molecule has 0 saturated carbocycles. The molecule has 1 amide bonds. The van der Waals surface area contributed by atoms with Gasteiger partial charge in [-0.3, -0.25) is 4.79 Å². The van der Waals surface area contributed by atoms with Crippen molar-refractivity contribution in [1.82, 2.24) is 4.90 Å². The zero-order valence-electron chi connectivity index (χ0n) is 16.1. The smallest absolute Gasteiger partial charge is 0.233 e. The second-order valence-electron chi connectivity index (χ2n) is 8.76. The quantitative estimate of drug-likeness (QED) is 0.658. The Bertz CT molecular complexity index is 611. The van der Waals surface area contributed by atoms with Crippen LogP contribution < -0.4 is 0 Å². The minimum absolute atomic E-state index is 0.0364. The van der Waals surface area contributed by atoms with Crippen molar-refractivity contribution in [3.05, 3.63) is 28.8 Å².